The van der Waals surface area contributed by atoms with Crippen molar-refractivity contribution in [1.82, 2.24) is 5.32 Å². The zero-order valence-corrected chi connectivity index (χ0v) is 16.6. The Labute approximate surface area is 167 Å². The molecule has 2 aromatic rings. The molecule has 0 bridgehead atoms. The largest absolute Gasteiger partial charge is 0.342 e. The molecule has 0 radical (unpaired) electrons. The van der Waals surface area contributed by atoms with Crippen molar-refractivity contribution in [2.24, 2.45) is 0 Å². The van der Waals surface area contributed by atoms with Crippen LogP contribution in [0.1, 0.15) is 30.9 Å². The first kappa shape index (κ1) is 22.4. The van der Waals surface area contributed by atoms with E-state index in [1.54, 1.807) is 0 Å². The maximum absolute atomic E-state index is 13.5. The molecule has 8 heteroatoms. The van der Waals surface area contributed by atoms with Crippen LogP contribution in [0.5, 0.6) is 0 Å². The molecule has 0 aliphatic carbocycles. The van der Waals surface area contributed by atoms with Crippen molar-refractivity contribution < 1.29 is 27.7 Å². The minimum absolute atomic E-state index is 0.138. The number of carbonyl (C=O) groups excluding carboxylic acids is 2. The number of amides is 2. The highest BCUT2D eigenvalue weighted by Gasteiger charge is 2.16. The van der Waals surface area contributed by atoms with Crippen LogP contribution in [0.25, 0.3) is 0 Å². The maximum Gasteiger partial charge on any atom is 0.275 e. The minimum Gasteiger partial charge on any atom is -0.342 e. The summed E-state index contributed by atoms with van der Waals surface area (Å²) in [6.45, 7) is 4.60. The van der Waals surface area contributed by atoms with Gasteiger partial charge in [0.15, 0.2) is 24.0 Å². The van der Waals surface area contributed by atoms with E-state index in [1.165, 1.54) is 5.56 Å². The molecule has 0 saturated carbocycles. The first-order valence-electron chi connectivity index (χ1n) is 9.27. The third-order valence-corrected chi connectivity index (χ3v) is 4.37. The second-order valence-corrected chi connectivity index (χ2v) is 7.25. The summed E-state index contributed by atoms with van der Waals surface area (Å²) >= 11 is 0. The van der Waals surface area contributed by atoms with Crippen LogP contribution in [0.15, 0.2) is 36.4 Å². The lowest BCUT2D eigenvalue weighted by Gasteiger charge is -2.15. The number of hydrogen-bond donors (Lipinski definition) is 3. The van der Waals surface area contributed by atoms with Crippen LogP contribution < -0.4 is 15.5 Å². The molecular formula is C21H25F3N3O2+. The molecule has 0 fully saturated rings. The summed E-state index contributed by atoms with van der Waals surface area (Å²) in [6, 6.07) is 9.81. The Bertz CT molecular complexity index is 870. The molecule has 0 aliphatic rings. The first-order chi connectivity index (χ1) is 13.7. The topological polar surface area (TPSA) is 62.6 Å². The molecule has 0 saturated heterocycles. The van der Waals surface area contributed by atoms with E-state index in [9.17, 15) is 22.8 Å². The van der Waals surface area contributed by atoms with Gasteiger partial charge in [-0.15, -0.1) is 0 Å². The van der Waals surface area contributed by atoms with E-state index in [0.29, 0.717) is 18.5 Å². The maximum atomic E-state index is 13.5. The van der Waals surface area contributed by atoms with Crippen molar-refractivity contribution in [2.75, 3.05) is 25.5 Å². The molecule has 0 spiro atoms. The van der Waals surface area contributed by atoms with Crippen molar-refractivity contribution in [3.05, 3.63) is 65.0 Å². The lowest BCUT2D eigenvalue weighted by Crippen LogP contribution is -3.08. The Morgan fingerprint density at radius 1 is 0.966 bits per heavy atom. The van der Waals surface area contributed by atoms with Gasteiger partial charge in [0, 0.05) is 5.56 Å². The number of quaternary nitrogens is 1. The van der Waals surface area contributed by atoms with Crippen LogP contribution in [0, 0.1) is 17.5 Å². The molecular weight excluding hydrogens is 383 g/mol. The summed E-state index contributed by atoms with van der Waals surface area (Å²) in [5, 5.41) is 4.53. The third kappa shape index (κ3) is 6.60. The minimum atomic E-state index is -1.67. The second kappa shape index (κ2) is 10.1. The van der Waals surface area contributed by atoms with Crippen LogP contribution in [0.4, 0.5) is 18.9 Å². The number of nitrogens with one attached hydrogen (secondary N) is 3. The van der Waals surface area contributed by atoms with Gasteiger partial charge in [-0.3, -0.25) is 9.59 Å². The van der Waals surface area contributed by atoms with Gasteiger partial charge in [-0.1, -0.05) is 38.1 Å². The predicted molar refractivity (Wildman–Crippen MR) is 104 cm³/mol. The molecule has 29 heavy (non-hydrogen) atoms. The molecule has 0 aromatic heterocycles. The van der Waals surface area contributed by atoms with Crippen molar-refractivity contribution >= 4 is 17.5 Å². The van der Waals surface area contributed by atoms with Gasteiger partial charge >= 0.3 is 0 Å². The zero-order chi connectivity index (χ0) is 21.6. The number of rotatable bonds is 8. The SMILES string of the molecule is CC(C)c1ccc(C[NH+](C)CC(=O)NCC(=O)Nc2ccc(F)c(F)c2F)cc1. The Kier molecular flexibility index (Phi) is 7.78. The van der Waals surface area contributed by atoms with Gasteiger partial charge in [-0.05, 0) is 23.6 Å². The monoisotopic (exact) mass is 408 g/mol. The van der Waals surface area contributed by atoms with Crippen molar-refractivity contribution in [1.29, 1.82) is 0 Å². The predicted octanol–water partition coefficient (Wildman–Crippen LogP) is 2.00. The molecule has 2 aromatic carbocycles. The molecule has 0 aliphatic heterocycles. The first-order valence-corrected chi connectivity index (χ1v) is 9.27. The summed E-state index contributed by atoms with van der Waals surface area (Å²) in [5.41, 5.74) is 1.84. The summed E-state index contributed by atoms with van der Waals surface area (Å²) in [6.07, 6.45) is 0. The number of benzene rings is 2. The van der Waals surface area contributed by atoms with Crippen molar-refractivity contribution in [3.8, 4) is 0 Å². The van der Waals surface area contributed by atoms with Gasteiger partial charge in [0.05, 0.1) is 19.3 Å². The fourth-order valence-electron chi connectivity index (χ4n) is 2.76. The normalized spacial score (nSPS) is 12.0. The second-order valence-electron chi connectivity index (χ2n) is 7.25. The van der Waals surface area contributed by atoms with Crippen LogP contribution in [0.2, 0.25) is 0 Å². The van der Waals surface area contributed by atoms with Gasteiger partial charge in [-0.25, -0.2) is 13.2 Å². The van der Waals surface area contributed by atoms with E-state index in [2.05, 4.69) is 36.6 Å². The van der Waals surface area contributed by atoms with Crippen molar-refractivity contribution in [2.45, 2.75) is 26.3 Å². The fraction of sp³-hybridized carbons (Fsp3) is 0.333. The standard InChI is InChI=1S/C21H24F3N3O2/c1-13(2)15-6-4-14(5-7-15)11-27(3)12-19(29)25-10-18(28)26-17-9-8-16(22)20(23)21(17)24/h4-9,13H,10-12H2,1-3H3,(H,25,29)(H,26,28)/p+1. The number of hydrogen-bond acceptors (Lipinski definition) is 2. The summed E-state index contributed by atoms with van der Waals surface area (Å²) in [7, 11) is 1.85. The van der Waals surface area contributed by atoms with Gasteiger partial charge in [0.1, 0.15) is 6.54 Å². The number of likely N-dealkylation sites (N-methyl/N-ethyl adjacent to an activating group) is 1. The quantitative estimate of drug-likeness (QED) is 0.585. The lowest BCUT2D eigenvalue weighted by molar-refractivity contribution is -0.885. The number of anilines is 1. The summed E-state index contributed by atoms with van der Waals surface area (Å²) < 4.78 is 39.6. The average molecular weight is 408 g/mol. The van der Waals surface area contributed by atoms with Crippen LogP contribution in [0.3, 0.4) is 0 Å². The molecule has 1 unspecified atom stereocenters. The average Bonchev–Trinajstić information content (AvgIpc) is 2.67. The molecule has 2 amide bonds. The Hall–Kier alpha value is -2.87. The Balaban J connectivity index is 1.78. The molecule has 2 rings (SSSR count). The highest BCUT2D eigenvalue weighted by molar-refractivity contribution is 5.94. The van der Waals surface area contributed by atoms with Gasteiger partial charge in [-0.2, -0.15) is 0 Å². The lowest BCUT2D eigenvalue weighted by atomic mass is 10.0. The van der Waals surface area contributed by atoms with E-state index in [1.807, 2.05) is 19.2 Å². The molecule has 3 N–H and O–H groups in total. The van der Waals surface area contributed by atoms with E-state index >= 15 is 0 Å². The highest BCUT2D eigenvalue weighted by Crippen LogP contribution is 2.19. The molecule has 0 heterocycles. The van der Waals surface area contributed by atoms with Crippen molar-refractivity contribution in [3.63, 3.8) is 0 Å². The zero-order valence-electron chi connectivity index (χ0n) is 16.6. The van der Waals surface area contributed by atoms with E-state index in [-0.39, 0.29) is 12.5 Å². The molecule has 156 valence electrons. The van der Waals surface area contributed by atoms with E-state index in [4.69, 9.17) is 0 Å². The van der Waals surface area contributed by atoms with Crippen LogP contribution >= 0.6 is 0 Å². The van der Waals surface area contributed by atoms with Gasteiger partial charge in [0.25, 0.3) is 5.91 Å². The number of halogens is 3. The van der Waals surface area contributed by atoms with Gasteiger partial charge in [0.2, 0.25) is 5.91 Å². The summed E-state index contributed by atoms with van der Waals surface area (Å²) in [5.74, 6) is -5.16. The third-order valence-electron chi connectivity index (χ3n) is 4.37. The molecule has 1 atom stereocenters. The Morgan fingerprint density at radius 3 is 2.24 bits per heavy atom. The highest BCUT2D eigenvalue weighted by atomic mass is 19.2. The summed E-state index contributed by atoms with van der Waals surface area (Å²) in [4.78, 5) is 24.8. The van der Waals surface area contributed by atoms with E-state index < -0.39 is 35.6 Å². The van der Waals surface area contributed by atoms with E-state index in [0.717, 1.165) is 16.5 Å². The fourth-order valence-corrected chi connectivity index (χ4v) is 2.76. The Morgan fingerprint density at radius 2 is 1.62 bits per heavy atom. The van der Waals surface area contributed by atoms with Crippen LogP contribution in [-0.4, -0.2) is 32.0 Å². The smallest absolute Gasteiger partial charge is 0.275 e. The number of carbonyl (C=O) groups is 2. The molecule has 5 nitrogen and oxygen atoms in total. The van der Waals surface area contributed by atoms with Gasteiger partial charge < -0.3 is 15.5 Å². The van der Waals surface area contributed by atoms with Crippen LogP contribution in [-0.2, 0) is 16.1 Å².